The van der Waals surface area contributed by atoms with E-state index in [4.69, 9.17) is 19.9 Å². The number of hydrogen-bond donors (Lipinski definition) is 5. The molecule has 0 saturated carbocycles. The zero-order valence-corrected chi connectivity index (χ0v) is 21.3. The van der Waals surface area contributed by atoms with Gasteiger partial charge in [-0.25, -0.2) is 4.39 Å². The molecular weight excluding hydrogens is 517 g/mol. The molecule has 5 rings (SSSR count). The number of hydrogen-bond acceptors (Lipinski definition) is 11. The van der Waals surface area contributed by atoms with E-state index in [9.17, 15) is 34.8 Å². The van der Waals surface area contributed by atoms with E-state index in [1.165, 1.54) is 32.2 Å². The van der Waals surface area contributed by atoms with Crippen LogP contribution in [0.4, 0.5) is 4.39 Å². The molecular formula is C27H28FNO10. The topological polar surface area (TPSA) is 186 Å². The molecule has 11 nitrogen and oxygen atoms in total. The quantitative estimate of drug-likeness (QED) is 0.294. The van der Waals surface area contributed by atoms with Crippen LogP contribution in [0.5, 0.6) is 17.2 Å². The van der Waals surface area contributed by atoms with Crippen molar-refractivity contribution in [1.82, 2.24) is 0 Å². The fourth-order valence-corrected chi connectivity index (χ4v) is 5.60. The number of nitrogens with two attached hydrogens (primary N) is 1. The van der Waals surface area contributed by atoms with Crippen LogP contribution in [0.3, 0.4) is 0 Å². The third-order valence-corrected chi connectivity index (χ3v) is 7.90. The predicted octanol–water partition coefficient (Wildman–Crippen LogP) is 0.977. The minimum absolute atomic E-state index is 0.0675. The van der Waals surface area contributed by atoms with Crippen molar-refractivity contribution in [2.45, 2.75) is 69.1 Å². The van der Waals surface area contributed by atoms with Gasteiger partial charge in [0.1, 0.15) is 29.0 Å². The zero-order chi connectivity index (χ0) is 28.5. The second-order valence-electron chi connectivity index (χ2n) is 10.2. The number of methoxy groups -OCH3 is 1. The third kappa shape index (κ3) is 3.94. The molecule has 0 amide bonds. The smallest absolute Gasteiger partial charge is 0.202 e. The van der Waals surface area contributed by atoms with E-state index in [1.54, 1.807) is 0 Å². The maximum Gasteiger partial charge on any atom is 0.202 e. The van der Waals surface area contributed by atoms with Crippen LogP contribution >= 0.6 is 0 Å². The van der Waals surface area contributed by atoms with Gasteiger partial charge in [0.15, 0.2) is 24.0 Å². The first kappa shape index (κ1) is 27.2. The Balaban J connectivity index is 1.70. The number of aliphatic hydroxyl groups is 2. The SMILES string of the molecule is COc1cccc2c1C(=O)c1c(O)c3c(c(O)c1C2=O)C[C@@](O)(C(C)=O)C[C@@H]3O[C@@H]1O[C@@H](C)[C@H](N)[C@@H](O)[C@H]1F. The Labute approximate surface area is 221 Å². The summed E-state index contributed by atoms with van der Waals surface area (Å²) in [5.41, 5.74) is 1.98. The molecule has 3 aliphatic rings. The molecule has 1 aliphatic heterocycles. The molecule has 2 aromatic carbocycles. The molecule has 0 unspecified atom stereocenters. The van der Waals surface area contributed by atoms with Gasteiger partial charge in [-0.2, -0.15) is 0 Å². The largest absolute Gasteiger partial charge is 0.507 e. The van der Waals surface area contributed by atoms with E-state index in [0.29, 0.717) is 0 Å². The summed E-state index contributed by atoms with van der Waals surface area (Å²) >= 11 is 0. The number of halogens is 1. The van der Waals surface area contributed by atoms with Crippen LogP contribution in [-0.2, 0) is 20.7 Å². The van der Waals surface area contributed by atoms with Gasteiger partial charge in [0, 0.05) is 29.5 Å². The number of ether oxygens (including phenoxy) is 3. The molecule has 208 valence electrons. The van der Waals surface area contributed by atoms with Gasteiger partial charge >= 0.3 is 0 Å². The molecule has 2 aliphatic carbocycles. The molecule has 1 heterocycles. The van der Waals surface area contributed by atoms with Crippen molar-refractivity contribution < 1.29 is 53.4 Å². The fourth-order valence-electron chi connectivity index (χ4n) is 5.60. The molecule has 6 N–H and O–H groups in total. The molecule has 7 atom stereocenters. The standard InChI is InChI=1S/C27H28FNO10/c1-9-20(29)25(35)19(28)26(38-9)39-14-8-27(36,10(2)30)7-12-16(14)24(34)18-17(22(12)32)21(31)11-5-4-6-13(37-3)15(11)23(18)33/h4-6,9,14,19-20,25-26,32,34-36H,7-8,29H2,1-3H3/t9-,14-,19+,20-,25-,26-,27-/m0/s1. The maximum absolute atomic E-state index is 15.0. The maximum atomic E-state index is 15.0. The highest BCUT2D eigenvalue weighted by atomic mass is 19.1. The number of aliphatic hydroxyl groups excluding tert-OH is 1. The van der Waals surface area contributed by atoms with Crippen LogP contribution in [-0.4, -0.2) is 81.2 Å². The number of aromatic hydroxyl groups is 2. The Hall–Kier alpha value is -3.42. The van der Waals surface area contributed by atoms with Crippen molar-refractivity contribution in [3.8, 4) is 17.2 Å². The number of fused-ring (bicyclic) bond motifs is 3. The van der Waals surface area contributed by atoms with Gasteiger partial charge in [0.25, 0.3) is 0 Å². The minimum atomic E-state index is -2.14. The zero-order valence-electron chi connectivity index (χ0n) is 21.3. The Morgan fingerprint density at radius 2 is 1.82 bits per heavy atom. The van der Waals surface area contributed by atoms with Gasteiger partial charge in [0.2, 0.25) is 5.78 Å². The number of ketones is 3. The summed E-state index contributed by atoms with van der Waals surface area (Å²) in [6.07, 6.45) is -8.92. The van der Waals surface area contributed by atoms with E-state index in [1.807, 2.05) is 0 Å². The Morgan fingerprint density at radius 3 is 2.46 bits per heavy atom. The second kappa shape index (κ2) is 9.35. The highest BCUT2D eigenvalue weighted by Crippen LogP contribution is 2.52. The molecule has 0 aromatic heterocycles. The third-order valence-electron chi connectivity index (χ3n) is 7.90. The van der Waals surface area contributed by atoms with Gasteiger partial charge in [-0.05, 0) is 19.9 Å². The number of Topliss-reactive ketones (excluding diaryl/α,β-unsaturated/α-hetero) is 1. The summed E-state index contributed by atoms with van der Waals surface area (Å²) in [7, 11) is 1.30. The van der Waals surface area contributed by atoms with Crippen LogP contribution in [0.15, 0.2) is 18.2 Å². The minimum Gasteiger partial charge on any atom is -0.507 e. The first-order valence-corrected chi connectivity index (χ1v) is 12.3. The number of carbonyl (C=O) groups is 3. The van der Waals surface area contributed by atoms with Crippen molar-refractivity contribution in [3.63, 3.8) is 0 Å². The summed E-state index contributed by atoms with van der Waals surface area (Å²) in [5, 5.41) is 44.1. The van der Waals surface area contributed by atoms with Crippen molar-refractivity contribution >= 4 is 17.3 Å². The summed E-state index contributed by atoms with van der Waals surface area (Å²) in [6.45, 7) is 2.60. The molecule has 2 aromatic rings. The normalized spacial score (nSPS) is 31.8. The molecule has 0 spiro atoms. The first-order chi connectivity index (χ1) is 18.3. The summed E-state index contributed by atoms with van der Waals surface area (Å²) in [6, 6.07) is 3.26. The summed E-state index contributed by atoms with van der Waals surface area (Å²) in [5.74, 6) is -3.70. The van der Waals surface area contributed by atoms with Crippen molar-refractivity contribution in [1.29, 1.82) is 0 Å². The molecule has 1 fully saturated rings. The second-order valence-corrected chi connectivity index (χ2v) is 10.2. The average Bonchev–Trinajstić information content (AvgIpc) is 2.90. The Kier molecular flexibility index (Phi) is 6.51. The number of benzene rings is 2. The molecule has 39 heavy (non-hydrogen) atoms. The van der Waals surface area contributed by atoms with Gasteiger partial charge in [-0.3, -0.25) is 14.4 Å². The van der Waals surface area contributed by atoms with Crippen molar-refractivity contribution in [3.05, 3.63) is 51.6 Å². The number of alkyl halides is 1. The summed E-state index contributed by atoms with van der Waals surface area (Å²) in [4.78, 5) is 39.6. The first-order valence-electron chi connectivity index (χ1n) is 12.3. The van der Waals surface area contributed by atoms with E-state index < -0.39 is 95.2 Å². The summed E-state index contributed by atoms with van der Waals surface area (Å²) < 4.78 is 31.6. The van der Waals surface area contributed by atoms with Crippen LogP contribution in [0, 0.1) is 0 Å². The van der Waals surface area contributed by atoms with Gasteiger partial charge in [-0.15, -0.1) is 0 Å². The van der Waals surface area contributed by atoms with Crippen LogP contribution in [0.2, 0.25) is 0 Å². The van der Waals surface area contributed by atoms with Gasteiger partial charge in [0.05, 0.1) is 42.0 Å². The molecule has 0 bridgehead atoms. The van der Waals surface area contributed by atoms with Crippen LogP contribution < -0.4 is 10.5 Å². The highest BCUT2D eigenvalue weighted by molar-refractivity contribution is 6.31. The van der Waals surface area contributed by atoms with Gasteiger partial charge in [-0.1, -0.05) is 12.1 Å². The number of rotatable bonds is 4. The van der Waals surface area contributed by atoms with Crippen molar-refractivity contribution in [2.24, 2.45) is 5.73 Å². The average molecular weight is 546 g/mol. The predicted molar refractivity (Wildman–Crippen MR) is 131 cm³/mol. The lowest BCUT2D eigenvalue weighted by atomic mass is 9.72. The molecule has 0 radical (unpaired) electrons. The molecule has 12 heteroatoms. The number of phenols is 2. The van der Waals surface area contributed by atoms with E-state index in [2.05, 4.69) is 0 Å². The number of phenolic OH excluding ortho intramolecular Hbond substituents is 2. The lowest BCUT2D eigenvalue weighted by Crippen LogP contribution is -2.59. The van der Waals surface area contributed by atoms with E-state index >= 15 is 4.39 Å². The Bertz CT molecular complexity index is 1410. The lowest BCUT2D eigenvalue weighted by Gasteiger charge is -2.43. The van der Waals surface area contributed by atoms with Crippen LogP contribution in [0.1, 0.15) is 69.3 Å². The molecule has 1 saturated heterocycles. The van der Waals surface area contributed by atoms with E-state index in [0.717, 1.165) is 6.92 Å². The Morgan fingerprint density at radius 1 is 1.15 bits per heavy atom. The van der Waals surface area contributed by atoms with Crippen LogP contribution in [0.25, 0.3) is 0 Å². The van der Waals surface area contributed by atoms with Crippen molar-refractivity contribution in [2.75, 3.05) is 7.11 Å². The number of carbonyl (C=O) groups excluding carboxylic acids is 3. The van der Waals surface area contributed by atoms with Gasteiger partial charge < -0.3 is 40.4 Å². The highest BCUT2D eigenvalue weighted by Gasteiger charge is 2.51. The lowest BCUT2D eigenvalue weighted by molar-refractivity contribution is -0.273. The monoisotopic (exact) mass is 545 g/mol. The fraction of sp³-hybridized carbons (Fsp3) is 0.444. The van der Waals surface area contributed by atoms with E-state index in [-0.39, 0.29) is 28.0 Å².